The summed E-state index contributed by atoms with van der Waals surface area (Å²) in [5, 5.41) is 4.36. The highest BCUT2D eigenvalue weighted by Crippen LogP contribution is 2.21. The average Bonchev–Trinajstić information content (AvgIpc) is 2.86. The molecule has 0 unspecified atom stereocenters. The van der Waals surface area contributed by atoms with Crippen molar-refractivity contribution in [3.05, 3.63) is 12.3 Å². The van der Waals surface area contributed by atoms with Gasteiger partial charge in [0.25, 0.3) is 0 Å². The molecule has 0 saturated carbocycles. The van der Waals surface area contributed by atoms with Crippen LogP contribution in [-0.2, 0) is 0 Å². The van der Waals surface area contributed by atoms with Crippen LogP contribution in [0.5, 0.6) is 6.01 Å². The van der Waals surface area contributed by atoms with Gasteiger partial charge in [-0.15, -0.1) is 0 Å². The van der Waals surface area contributed by atoms with Crippen LogP contribution in [0.2, 0.25) is 0 Å². The second-order valence-corrected chi connectivity index (χ2v) is 4.29. The van der Waals surface area contributed by atoms with Crippen LogP contribution in [0.15, 0.2) is 12.3 Å². The van der Waals surface area contributed by atoms with Crippen molar-refractivity contribution in [2.75, 3.05) is 19.0 Å². The highest BCUT2D eigenvalue weighted by atomic mass is 16.5. The fraction of sp³-hybridized carbons (Fsp3) is 0.538. The number of fused-ring (bicyclic) bond motifs is 1. The van der Waals surface area contributed by atoms with E-state index in [-0.39, 0.29) is 0 Å². The molecule has 0 atom stereocenters. The first-order valence-electron chi connectivity index (χ1n) is 6.48. The SMILES string of the molecule is CCCCCCNc1nc(OC)nc2[nH]ccc12. The van der Waals surface area contributed by atoms with Crippen LogP contribution in [0.3, 0.4) is 0 Å². The van der Waals surface area contributed by atoms with Gasteiger partial charge in [-0.2, -0.15) is 9.97 Å². The number of rotatable bonds is 7. The number of aromatic nitrogens is 3. The van der Waals surface area contributed by atoms with Crippen molar-refractivity contribution in [3.8, 4) is 6.01 Å². The van der Waals surface area contributed by atoms with Crippen molar-refractivity contribution in [1.29, 1.82) is 0 Å². The van der Waals surface area contributed by atoms with Crippen LogP contribution in [0.4, 0.5) is 5.82 Å². The number of aromatic amines is 1. The zero-order valence-electron chi connectivity index (χ0n) is 11.0. The Morgan fingerprint density at radius 1 is 1.28 bits per heavy atom. The third-order valence-corrected chi connectivity index (χ3v) is 2.90. The zero-order valence-corrected chi connectivity index (χ0v) is 11.0. The molecule has 2 N–H and O–H groups in total. The van der Waals surface area contributed by atoms with Gasteiger partial charge in [0.1, 0.15) is 11.5 Å². The average molecular weight is 248 g/mol. The molecule has 5 heteroatoms. The van der Waals surface area contributed by atoms with Crippen LogP contribution in [0.25, 0.3) is 11.0 Å². The predicted molar refractivity (Wildman–Crippen MR) is 73.1 cm³/mol. The maximum Gasteiger partial charge on any atom is 0.320 e. The summed E-state index contributed by atoms with van der Waals surface area (Å²) >= 11 is 0. The maximum absolute atomic E-state index is 5.09. The molecule has 0 saturated heterocycles. The van der Waals surface area contributed by atoms with E-state index in [1.54, 1.807) is 7.11 Å². The van der Waals surface area contributed by atoms with Crippen molar-refractivity contribution in [1.82, 2.24) is 15.0 Å². The second-order valence-electron chi connectivity index (χ2n) is 4.29. The van der Waals surface area contributed by atoms with E-state index in [9.17, 15) is 0 Å². The largest absolute Gasteiger partial charge is 0.467 e. The lowest BCUT2D eigenvalue weighted by molar-refractivity contribution is 0.382. The van der Waals surface area contributed by atoms with E-state index in [1.165, 1.54) is 19.3 Å². The molecule has 2 aromatic heterocycles. The Hall–Kier alpha value is -1.78. The topological polar surface area (TPSA) is 62.8 Å². The van der Waals surface area contributed by atoms with Crippen molar-refractivity contribution in [3.63, 3.8) is 0 Å². The molecule has 18 heavy (non-hydrogen) atoms. The molecule has 98 valence electrons. The molecule has 0 aliphatic heterocycles. The monoisotopic (exact) mass is 248 g/mol. The number of unbranched alkanes of at least 4 members (excludes halogenated alkanes) is 3. The molecule has 0 bridgehead atoms. The second kappa shape index (κ2) is 6.23. The predicted octanol–water partition coefficient (Wildman–Crippen LogP) is 2.96. The summed E-state index contributed by atoms with van der Waals surface area (Å²) < 4.78 is 5.09. The molecule has 2 heterocycles. The van der Waals surface area contributed by atoms with Crippen LogP contribution < -0.4 is 10.1 Å². The fourth-order valence-corrected chi connectivity index (χ4v) is 1.91. The van der Waals surface area contributed by atoms with Crippen molar-refractivity contribution >= 4 is 16.9 Å². The van der Waals surface area contributed by atoms with Gasteiger partial charge >= 0.3 is 6.01 Å². The fourth-order valence-electron chi connectivity index (χ4n) is 1.91. The molecule has 2 rings (SSSR count). The lowest BCUT2D eigenvalue weighted by Crippen LogP contribution is -2.05. The van der Waals surface area contributed by atoms with Crippen LogP contribution in [0, 0.1) is 0 Å². The lowest BCUT2D eigenvalue weighted by Gasteiger charge is -2.07. The number of anilines is 1. The van der Waals surface area contributed by atoms with Crippen LogP contribution in [-0.4, -0.2) is 28.6 Å². The zero-order chi connectivity index (χ0) is 12.8. The van der Waals surface area contributed by atoms with Crippen LogP contribution in [0.1, 0.15) is 32.6 Å². The third kappa shape index (κ3) is 2.91. The molecular formula is C13H20N4O. The number of nitrogens with one attached hydrogen (secondary N) is 2. The normalized spacial score (nSPS) is 10.8. The Morgan fingerprint density at radius 2 is 2.17 bits per heavy atom. The third-order valence-electron chi connectivity index (χ3n) is 2.90. The van der Waals surface area contributed by atoms with Gasteiger partial charge in [-0.25, -0.2) is 0 Å². The smallest absolute Gasteiger partial charge is 0.320 e. The minimum Gasteiger partial charge on any atom is -0.467 e. The summed E-state index contributed by atoms with van der Waals surface area (Å²) in [6, 6.07) is 2.37. The molecule has 0 aliphatic rings. The number of nitrogens with zero attached hydrogens (tertiary/aromatic N) is 2. The Kier molecular flexibility index (Phi) is 4.39. The van der Waals surface area contributed by atoms with Gasteiger partial charge in [0.15, 0.2) is 0 Å². The molecule has 0 fully saturated rings. The Morgan fingerprint density at radius 3 is 2.94 bits per heavy atom. The summed E-state index contributed by atoms with van der Waals surface area (Å²) in [5.74, 6) is 0.842. The Labute approximate surface area is 107 Å². The minimum atomic E-state index is 0.390. The van der Waals surface area contributed by atoms with Gasteiger partial charge < -0.3 is 15.0 Å². The molecule has 0 radical (unpaired) electrons. The van der Waals surface area contributed by atoms with Crippen molar-refractivity contribution in [2.24, 2.45) is 0 Å². The molecule has 0 spiro atoms. The molecule has 0 amide bonds. The van der Waals surface area contributed by atoms with Crippen LogP contribution >= 0.6 is 0 Å². The maximum atomic E-state index is 5.09. The van der Waals surface area contributed by atoms with Gasteiger partial charge in [0.2, 0.25) is 0 Å². The number of ether oxygens (including phenoxy) is 1. The summed E-state index contributed by atoms with van der Waals surface area (Å²) in [4.78, 5) is 11.7. The number of H-pyrrole nitrogens is 1. The Bertz CT molecular complexity index is 495. The van der Waals surface area contributed by atoms with E-state index >= 15 is 0 Å². The van der Waals surface area contributed by atoms with E-state index in [0.717, 1.165) is 29.8 Å². The van der Waals surface area contributed by atoms with E-state index in [1.807, 2.05) is 12.3 Å². The van der Waals surface area contributed by atoms with Gasteiger partial charge in [-0.3, -0.25) is 0 Å². The van der Waals surface area contributed by atoms with Gasteiger partial charge in [0, 0.05) is 12.7 Å². The number of hydrogen-bond acceptors (Lipinski definition) is 4. The summed E-state index contributed by atoms with van der Waals surface area (Å²) in [6.07, 6.45) is 6.81. The lowest BCUT2D eigenvalue weighted by atomic mass is 10.2. The first kappa shape index (κ1) is 12.7. The standard InChI is InChI=1S/C13H20N4O/c1-3-4-5-6-8-14-11-10-7-9-15-12(10)17-13(16-11)18-2/h7,9H,3-6,8H2,1-2H3,(H2,14,15,16,17). The van der Waals surface area contributed by atoms with Gasteiger partial charge in [-0.05, 0) is 12.5 Å². The van der Waals surface area contributed by atoms with E-state index in [2.05, 4.69) is 27.2 Å². The molecular weight excluding hydrogens is 228 g/mol. The first-order valence-corrected chi connectivity index (χ1v) is 6.48. The molecule has 0 aromatic carbocycles. The molecule has 5 nitrogen and oxygen atoms in total. The Balaban J connectivity index is 2.04. The first-order chi connectivity index (χ1) is 8.85. The highest BCUT2D eigenvalue weighted by molar-refractivity contribution is 5.87. The number of methoxy groups -OCH3 is 1. The van der Waals surface area contributed by atoms with Crippen molar-refractivity contribution < 1.29 is 4.74 Å². The summed E-state index contributed by atoms with van der Waals surface area (Å²) in [6.45, 7) is 3.15. The highest BCUT2D eigenvalue weighted by Gasteiger charge is 2.08. The molecule has 0 aliphatic carbocycles. The van der Waals surface area contributed by atoms with E-state index in [4.69, 9.17) is 4.74 Å². The summed E-state index contributed by atoms with van der Waals surface area (Å²) in [5.41, 5.74) is 0.804. The van der Waals surface area contributed by atoms with Crippen molar-refractivity contribution in [2.45, 2.75) is 32.6 Å². The minimum absolute atomic E-state index is 0.390. The van der Waals surface area contributed by atoms with Gasteiger partial charge in [-0.1, -0.05) is 26.2 Å². The number of hydrogen-bond donors (Lipinski definition) is 2. The van der Waals surface area contributed by atoms with E-state index in [0.29, 0.717) is 6.01 Å². The quantitative estimate of drug-likeness (QED) is 0.739. The van der Waals surface area contributed by atoms with Gasteiger partial charge in [0.05, 0.1) is 12.5 Å². The van der Waals surface area contributed by atoms with E-state index < -0.39 is 0 Å². The molecule has 2 aromatic rings. The summed E-state index contributed by atoms with van der Waals surface area (Å²) in [7, 11) is 1.58.